The Bertz CT molecular complexity index is 587. The summed E-state index contributed by atoms with van der Waals surface area (Å²) in [6.07, 6.45) is 3.14. The molecule has 1 aromatic rings. The van der Waals surface area contributed by atoms with Gasteiger partial charge in [0.05, 0.1) is 11.3 Å². The van der Waals surface area contributed by atoms with Crippen LogP contribution in [0.4, 0.5) is 5.69 Å². The first-order valence-electron chi connectivity index (χ1n) is 6.86. The van der Waals surface area contributed by atoms with Crippen molar-refractivity contribution in [2.24, 2.45) is 11.3 Å². The smallest absolute Gasteiger partial charge is 0.228 e. The summed E-state index contributed by atoms with van der Waals surface area (Å²) < 4.78 is 0.860. The van der Waals surface area contributed by atoms with Crippen LogP contribution in [0.1, 0.15) is 24.8 Å². The summed E-state index contributed by atoms with van der Waals surface area (Å²) in [6, 6.07) is 7.42. The number of benzene rings is 1. The highest BCUT2D eigenvalue weighted by Crippen LogP contribution is 2.58. The monoisotopic (exact) mass is 333 g/mol. The van der Waals surface area contributed by atoms with Gasteiger partial charge in [-0.15, -0.1) is 0 Å². The molecule has 2 fully saturated rings. The first kappa shape index (κ1) is 13.6. The molecule has 4 nitrogen and oxygen atoms in total. The van der Waals surface area contributed by atoms with Gasteiger partial charge in [-0.05, 0) is 56.0 Å². The normalized spacial score (nSPS) is 23.1. The fourth-order valence-electron chi connectivity index (χ4n) is 3.13. The maximum atomic E-state index is 12.4. The molecule has 2 aliphatic rings. The number of nitriles is 1. The third-order valence-electron chi connectivity index (χ3n) is 4.47. The van der Waals surface area contributed by atoms with Gasteiger partial charge in [-0.25, -0.2) is 0 Å². The SMILES string of the molecule is N#Cc1ccc(Br)cc1NC(=O)C1CC12CCNCC2. The molecule has 1 aromatic carbocycles. The van der Waals surface area contributed by atoms with Crippen molar-refractivity contribution >= 4 is 27.5 Å². The molecule has 1 aliphatic heterocycles. The lowest BCUT2D eigenvalue weighted by atomic mass is 9.91. The molecule has 20 heavy (non-hydrogen) atoms. The summed E-state index contributed by atoms with van der Waals surface area (Å²) in [5.74, 6) is 0.164. The zero-order valence-electron chi connectivity index (χ0n) is 11.1. The predicted molar refractivity (Wildman–Crippen MR) is 80.1 cm³/mol. The molecule has 1 saturated carbocycles. The molecular formula is C15H16BrN3O. The minimum atomic E-state index is 0.0569. The third-order valence-corrected chi connectivity index (χ3v) is 4.96. The minimum Gasteiger partial charge on any atom is -0.325 e. The van der Waals surface area contributed by atoms with Crippen LogP contribution in [0.25, 0.3) is 0 Å². The molecule has 5 heteroatoms. The molecule has 1 amide bonds. The largest absolute Gasteiger partial charge is 0.325 e. The van der Waals surface area contributed by atoms with E-state index in [1.54, 1.807) is 18.2 Å². The number of hydrogen-bond donors (Lipinski definition) is 2. The quantitative estimate of drug-likeness (QED) is 0.874. The van der Waals surface area contributed by atoms with Crippen molar-refractivity contribution in [2.75, 3.05) is 18.4 Å². The van der Waals surface area contributed by atoms with Gasteiger partial charge in [0.15, 0.2) is 0 Å². The Hall–Kier alpha value is -1.38. The second-order valence-electron chi connectivity index (χ2n) is 5.66. The number of nitrogens with one attached hydrogen (secondary N) is 2. The van der Waals surface area contributed by atoms with Gasteiger partial charge < -0.3 is 10.6 Å². The number of nitrogens with zero attached hydrogens (tertiary/aromatic N) is 1. The van der Waals surface area contributed by atoms with E-state index in [2.05, 4.69) is 32.6 Å². The highest BCUT2D eigenvalue weighted by Gasteiger charge is 2.57. The molecule has 3 rings (SSSR count). The van der Waals surface area contributed by atoms with E-state index in [1.807, 2.05) is 0 Å². The van der Waals surface area contributed by atoms with Crippen molar-refractivity contribution in [2.45, 2.75) is 19.3 Å². The highest BCUT2D eigenvalue weighted by molar-refractivity contribution is 9.10. The molecule has 1 heterocycles. The number of amides is 1. The Kier molecular flexibility index (Phi) is 3.53. The van der Waals surface area contributed by atoms with E-state index in [9.17, 15) is 4.79 Å². The van der Waals surface area contributed by atoms with Crippen molar-refractivity contribution in [3.05, 3.63) is 28.2 Å². The Balaban J connectivity index is 1.71. The lowest BCUT2D eigenvalue weighted by Gasteiger charge is -2.23. The number of rotatable bonds is 2. The molecule has 0 bridgehead atoms. The van der Waals surface area contributed by atoms with E-state index in [-0.39, 0.29) is 17.2 Å². The average Bonchev–Trinajstić information content (AvgIpc) is 3.13. The van der Waals surface area contributed by atoms with Crippen LogP contribution in [0.15, 0.2) is 22.7 Å². The number of hydrogen-bond acceptors (Lipinski definition) is 3. The first-order valence-corrected chi connectivity index (χ1v) is 7.65. The standard InChI is InChI=1S/C15H16BrN3O/c16-11-2-1-10(9-17)13(7-11)19-14(20)12-8-15(12)3-5-18-6-4-15/h1-2,7,12,18H,3-6,8H2,(H,19,20). The van der Waals surface area contributed by atoms with Crippen LogP contribution in [-0.2, 0) is 4.79 Å². The number of anilines is 1. The fourth-order valence-corrected chi connectivity index (χ4v) is 3.49. The predicted octanol–water partition coefficient (Wildman–Crippen LogP) is 2.65. The van der Waals surface area contributed by atoms with Gasteiger partial charge in [-0.2, -0.15) is 5.26 Å². The van der Waals surface area contributed by atoms with Crippen LogP contribution in [0.3, 0.4) is 0 Å². The van der Waals surface area contributed by atoms with Crippen molar-refractivity contribution in [1.29, 1.82) is 5.26 Å². The highest BCUT2D eigenvalue weighted by atomic mass is 79.9. The maximum Gasteiger partial charge on any atom is 0.228 e. The zero-order valence-corrected chi connectivity index (χ0v) is 12.7. The van der Waals surface area contributed by atoms with E-state index >= 15 is 0 Å². The average molecular weight is 334 g/mol. The van der Waals surface area contributed by atoms with E-state index in [1.165, 1.54) is 0 Å². The van der Waals surface area contributed by atoms with Gasteiger partial charge in [0, 0.05) is 10.4 Å². The Morgan fingerprint density at radius 2 is 2.20 bits per heavy atom. The van der Waals surface area contributed by atoms with Gasteiger partial charge in [0.2, 0.25) is 5.91 Å². The molecule has 1 spiro atoms. The van der Waals surface area contributed by atoms with Crippen LogP contribution in [-0.4, -0.2) is 19.0 Å². The summed E-state index contributed by atoms with van der Waals surface area (Å²) in [4.78, 5) is 12.4. The number of piperidine rings is 1. The molecular weight excluding hydrogens is 318 g/mol. The second kappa shape index (κ2) is 5.19. The molecule has 1 aliphatic carbocycles. The summed E-state index contributed by atoms with van der Waals surface area (Å²) >= 11 is 3.37. The number of carbonyl (C=O) groups excluding carboxylic acids is 1. The van der Waals surface area contributed by atoms with Crippen LogP contribution in [0.2, 0.25) is 0 Å². The van der Waals surface area contributed by atoms with E-state index in [0.29, 0.717) is 11.3 Å². The van der Waals surface area contributed by atoms with Gasteiger partial charge >= 0.3 is 0 Å². The van der Waals surface area contributed by atoms with Crippen LogP contribution in [0.5, 0.6) is 0 Å². The van der Waals surface area contributed by atoms with Gasteiger partial charge in [0.25, 0.3) is 0 Å². The molecule has 2 N–H and O–H groups in total. The zero-order chi connectivity index (χ0) is 14.2. The van der Waals surface area contributed by atoms with Crippen molar-refractivity contribution in [3.63, 3.8) is 0 Å². The Labute approximate surface area is 126 Å². The minimum absolute atomic E-state index is 0.0569. The Morgan fingerprint density at radius 1 is 1.45 bits per heavy atom. The van der Waals surface area contributed by atoms with Crippen molar-refractivity contribution in [3.8, 4) is 6.07 Å². The molecule has 0 radical (unpaired) electrons. The Morgan fingerprint density at radius 3 is 2.90 bits per heavy atom. The summed E-state index contributed by atoms with van der Waals surface area (Å²) in [7, 11) is 0. The van der Waals surface area contributed by atoms with Crippen LogP contribution >= 0.6 is 15.9 Å². The molecule has 0 aromatic heterocycles. The van der Waals surface area contributed by atoms with Gasteiger partial charge in [0.1, 0.15) is 6.07 Å². The van der Waals surface area contributed by atoms with E-state index < -0.39 is 0 Å². The molecule has 1 atom stereocenters. The summed E-state index contributed by atoms with van der Waals surface area (Å²) in [5.41, 5.74) is 1.32. The van der Waals surface area contributed by atoms with Gasteiger partial charge in [-0.1, -0.05) is 15.9 Å². The van der Waals surface area contributed by atoms with Crippen molar-refractivity contribution < 1.29 is 4.79 Å². The maximum absolute atomic E-state index is 12.4. The topological polar surface area (TPSA) is 64.9 Å². The van der Waals surface area contributed by atoms with E-state index in [0.717, 1.165) is 36.8 Å². The second-order valence-corrected chi connectivity index (χ2v) is 6.58. The summed E-state index contributed by atoms with van der Waals surface area (Å²) in [5, 5.41) is 15.4. The molecule has 1 unspecified atom stereocenters. The number of halogens is 1. The molecule has 1 saturated heterocycles. The first-order chi connectivity index (χ1) is 9.64. The third kappa shape index (κ3) is 2.46. The van der Waals surface area contributed by atoms with Gasteiger partial charge in [-0.3, -0.25) is 4.79 Å². The number of carbonyl (C=O) groups is 1. The van der Waals surface area contributed by atoms with Crippen LogP contribution in [0, 0.1) is 22.7 Å². The molecule has 104 valence electrons. The lowest BCUT2D eigenvalue weighted by Crippen LogP contribution is -2.31. The van der Waals surface area contributed by atoms with E-state index in [4.69, 9.17) is 5.26 Å². The van der Waals surface area contributed by atoms with Crippen LogP contribution < -0.4 is 10.6 Å². The summed E-state index contributed by atoms with van der Waals surface area (Å²) in [6.45, 7) is 2.01. The van der Waals surface area contributed by atoms with Crippen molar-refractivity contribution in [1.82, 2.24) is 5.32 Å². The fraction of sp³-hybridized carbons (Fsp3) is 0.467. The lowest BCUT2D eigenvalue weighted by molar-refractivity contribution is -0.118.